The molecule has 2 heterocycles. The van der Waals surface area contributed by atoms with Gasteiger partial charge in [0, 0.05) is 11.4 Å². The highest BCUT2D eigenvalue weighted by Gasteiger charge is 2.32. The third-order valence-corrected chi connectivity index (χ3v) is 5.05. The van der Waals surface area contributed by atoms with Gasteiger partial charge in [-0.15, -0.1) is 0 Å². The van der Waals surface area contributed by atoms with Gasteiger partial charge in [0.1, 0.15) is 6.04 Å². The van der Waals surface area contributed by atoms with E-state index in [0.717, 1.165) is 18.7 Å². The Hall–Kier alpha value is -2.12. The van der Waals surface area contributed by atoms with Crippen LogP contribution in [0.5, 0.6) is 0 Å². The molecule has 2 aliphatic rings. The molecule has 1 aromatic carbocycles. The number of nitrogens with one attached hydrogen (secondary N) is 2. The van der Waals surface area contributed by atoms with Gasteiger partial charge in [0.15, 0.2) is 0 Å². The molecular formula is C18H24ClN4O3+. The van der Waals surface area contributed by atoms with E-state index in [0.29, 0.717) is 30.2 Å². The van der Waals surface area contributed by atoms with Crippen LogP contribution in [-0.2, 0) is 14.4 Å². The Morgan fingerprint density at radius 3 is 2.62 bits per heavy atom. The summed E-state index contributed by atoms with van der Waals surface area (Å²) in [7, 11) is 2.11. The smallest absolute Gasteiger partial charge is 0.264 e. The van der Waals surface area contributed by atoms with Gasteiger partial charge in [-0.25, -0.2) is 0 Å². The van der Waals surface area contributed by atoms with Gasteiger partial charge in [-0.05, 0) is 24.6 Å². The van der Waals surface area contributed by atoms with Crippen molar-refractivity contribution < 1.29 is 19.3 Å². The molecule has 1 saturated heterocycles. The average molecular weight is 380 g/mol. The van der Waals surface area contributed by atoms with Crippen molar-refractivity contribution >= 4 is 29.1 Å². The number of carbonyl (C=O) groups is 2. The Morgan fingerprint density at radius 1 is 1.31 bits per heavy atom. The van der Waals surface area contributed by atoms with E-state index in [1.807, 2.05) is 17.0 Å². The molecule has 8 heteroatoms. The number of quaternary nitrogens is 1. The van der Waals surface area contributed by atoms with Crippen LogP contribution in [0.2, 0.25) is 5.02 Å². The number of amides is 2. The van der Waals surface area contributed by atoms with Crippen LogP contribution in [0.25, 0.3) is 0 Å². The molecule has 140 valence electrons. The Bertz CT molecular complexity index is 699. The summed E-state index contributed by atoms with van der Waals surface area (Å²) in [6.07, 6.45) is -0.348. The van der Waals surface area contributed by atoms with Crippen molar-refractivity contribution in [3.63, 3.8) is 0 Å². The standard InChI is InChI=1S/C18H23ClN4O3/c1-12(18(25)23-9-7-22(2)8-10-23)20-17(24)16-11-15(21-26-16)13-3-5-14(19)6-4-13/h3-6,12,16H,7-11H2,1-2H3,(H,20,24)/p+1/t12-,16+/m1/s1. The first-order chi connectivity index (χ1) is 12.4. The topological polar surface area (TPSA) is 75.4 Å². The largest absolute Gasteiger partial charge is 0.382 e. The molecular weight excluding hydrogens is 356 g/mol. The van der Waals surface area contributed by atoms with E-state index in [9.17, 15) is 9.59 Å². The average Bonchev–Trinajstić information content (AvgIpc) is 3.12. The summed E-state index contributed by atoms with van der Waals surface area (Å²) in [5.41, 5.74) is 1.57. The minimum absolute atomic E-state index is 0.0531. The number of oxime groups is 1. The molecule has 0 aromatic heterocycles. The second kappa shape index (κ2) is 8.05. The molecule has 2 N–H and O–H groups in total. The Balaban J connectivity index is 1.51. The molecule has 2 aliphatic heterocycles. The van der Waals surface area contributed by atoms with Gasteiger partial charge >= 0.3 is 0 Å². The summed E-state index contributed by atoms with van der Waals surface area (Å²) in [4.78, 5) is 33.4. The maximum Gasteiger partial charge on any atom is 0.264 e. The number of hydrogen-bond donors (Lipinski definition) is 2. The Labute approximate surface area is 157 Å². The van der Waals surface area contributed by atoms with Crippen LogP contribution in [0.1, 0.15) is 18.9 Å². The first kappa shape index (κ1) is 18.7. The lowest BCUT2D eigenvalue weighted by molar-refractivity contribution is -0.883. The van der Waals surface area contributed by atoms with Crippen molar-refractivity contribution in [3.8, 4) is 0 Å². The maximum atomic E-state index is 12.5. The van der Waals surface area contributed by atoms with Gasteiger partial charge in [-0.1, -0.05) is 28.9 Å². The summed E-state index contributed by atoms with van der Waals surface area (Å²) in [6.45, 7) is 5.00. The van der Waals surface area contributed by atoms with Crippen LogP contribution >= 0.6 is 11.6 Å². The lowest BCUT2D eigenvalue weighted by Crippen LogP contribution is -3.12. The van der Waals surface area contributed by atoms with Crippen LogP contribution in [0.15, 0.2) is 29.4 Å². The van der Waals surface area contributed by atoms with E-state index in [4.69, 9.17) is 16.4 Å². The Morgan fingerprint density at radius 2 is 1.96 bits per heavy atom. The van der Waals surface area contributed by atoms with Gasteiger partial charge in [0.05, 0.1) is 38.9 Å². The van der Waals surface area contributed by atoms with Crippen molar-refractivity contribution in [2.45, 2.75) is 25.5 Å². The van der Waals surface area contributed by atoms with Crippen molar-refractivity contribution in [1.29, 1.82) is 0 Å². The van der Waals surface area contributed by atoms with E-state index in [-0.39, 0.29) is 11.8 Å². The molecule has 0 saturated carbocycles. The molecule has 2 amide bonds. The molecule has 0 unspecified atom stereocenters. The van der Waals surface area contributed by atoms with Crippen LogP contribution in [0.3, 0.4) is 0 Å². The molecule has 3 rings (SSSR count). The molecule has 0 radical (unpaired) electrons. The number of piperazine rings is 1. The van der Waals surface area contributed by atoms with Gasteiger partial charge in [0.25, 0.3) is 5.91 Å². The number of rotatable bonds is 4. The minimum atomic E-state index is -0.715. The monoisotopic (exact) mass is 379 g/mol. The minimum Gasteiger partial charge on any atom is -0.382 e. The lowest BCUT2D eigenvalue weighted by atomic mass is 10.0. The van der Waals surface area contributed by atoms with Gasteiger partial charge in [-0.2, -0.15) is 0 Å². The number of hydrogen-bond acceptors (Lipinski definition) is 4. The van der Waals surface area contributed by atoms with E-state index in [1.54, 1.807) is 19.1 Å². The summed E-state index contributed by atoms with van der Waals surface area (Å²) in [5, 5.41) is 7.40. The fraction of sp³-hybridized carbons (Fsp3) is 0.500. The maximum absolute atomic E-state index is 12.5. The van der Waals surface area contributed by atoms with Crippen molar-refractivity contribution in [3.05, 3.63) is 34.9 Å². The molecule has 2 atom stereocenters. The van der Waals surface area contributed by atoms with E-state index in [1.165, 1.54) is 4.90 Å². The van der Waals surface area contributed by atoms with Gasteiger partial charge in [-0.3, -0.25) is 9.59 Å². The highest BCUT2D eigenvalue weighted by Crippen LogP contribution is 2.19. The normalized spacial score (nSPS) is 21.7. The summed E-state index contributed by atoms with van der Waals surface area (Å²) >= 11 is 5.88. The quantitative estimate of drug-likeness (QED) is 0.754. The molecule has 1 aromatic rings. The third kappa shape index (κ3) is 4.34. The van der Waals surface area contributed by atoms with Crippen LogP contribution < -0.4 is 10.2 Å². The lowest BCUT2D eigenvalue weighted by Gasteiger charge is -2.32. The number of halogens is 1. The molecule has 0 bridgehead atoms. The first-order valence-corrected chi connectivity index (χ1v) is 9.21. The second-order valence-corrected chi connectivity index (χ2v) is 7.29. The predicted octanol–water partition coefficient (Wildman–Crippen LogP) is -0.305. The highest BCUT2D eigenvalue weighted by atomic mass is 35.5. The number of carbonyl (C=O) groups excluding carboxylic acids is 2. The second-order valence-electron chi connectivity index (χ2n) is 6.86. The Kier molecular flexibility index (Phi) is 5.78. The van der Waals surface area contributed by atoms with Crippen LogP contribution in [-0.4, -0.2) is 67.8 Å². The molecule has 0 spiro atoms. The molecule has 1 fully saturated rings. The van der Waals surface area contributed by atoms with E-state index >= 15 is 0 Å². The van der Waals surface area contributed by atoms with E-state index < -0.39 is 12.1 Å². The van der Waals surface area contributed by atoms with Crippen LogP contribution in [0, 0.1) is 0 Å². The van der Waals surface area contributed by atoms with Crippen molar-refractivity contribution in [2.75, 3.05) is 33.2 Å². The third-order valence-electron chi connectivity index (χ3n) is 4.80. The van der Waals surface area contributed by atoms with Crippen molar-refractivity contribution in [2.24, 2.45) is 5.16 Å². The summed E-state index contributed by atoms with van der Waals surface area (Å²) in [6, 6.07) is 6.64. The summed E-state index contributed by atoms with van der Waals surface area (Å²) < 4.78 is 0. The predicted molar refractivity (Wildman–Crippen MR) is 98.3 cm³/mol. The summed E-state index contributed by atoms with van der Waals surface area (Å²) in [5.74, 6) is -0.374. The SMILES string of the molecule is C[C@@H](NC(=O)[C@@H]1CC(c2ccc(Cl)cc2)=NO1)C(=O)N1CC[NH+](C)CC1. The highest BCUT2D eigenvalue weighted by molar-refractivity contribution is 6.30. The fourth-order valence-electron chi connectivity index (χ4n) is 3.08. The van der Waals surface area contributed by atoms with Crippen molar-refractivity contribution in [1.82, 2.24) is 10.2 Å². The van der Waals surface area contributed by atoms with Gasteiger partial charge < -0.3 is 20.0 Å². The molecule has 7 nitrogen and oxygen atoms in total. The van der Waals surface area contributed by atoms with Gasteiger partial charge in [0.2, 0.25) is 12.0 Å². The zero-order valence-electron chi connectivity index (χ0n) is 15.0. The fourth-order valence-corrected chi connectivity index (χ4v) is 3.21. The van der Waals surface area contributed by atoms with Crippen LogP contribution in [0.4, 0.5) is 0 Å². The molecule has 0 aliphatic carbocycles. The van der Waals surface area contributed by atoms with E-state index in [2.05, 4.69) is 17.5 Å². The first-order valence-electron chi connectivity index (χ1n) is 8.83. The molecule has 26 heavy (non-hydrogen) atoms. The number of benzene rings is 1. The zero-order valence-corrected chi connectivity index (χ0v) is 15.8. The zero-order chi connectivity index (χ0) is 18.7. The number of likely N-dealkylation sites (N-methyl/N-ethyl adjacent to an activating group) is 1. The number of nitrogens with zero attached hydrogens (tertiary/aromatic N) is 2.